The van der Waals surface area contributed by atoms with E-state index < -0.39 is 10.8 Å². The van der Waals surface area contributed by atoms with Crippen LogP contribution < -0.4 is 11.1 Å². The summed E-state index contributed by atoms with van der Waals surface area (Å²) in [5, 5.41) is 13.5. The van der Waals surface area contributed by atoms with Crippen molar-refractivity contribution < 1.29 is 14.5 Å². The van der Waals surface area contributed by atoms with Gasteiger partial charge in [0.25, 0.3) is 11.6 Å². The van der Waals surface area contributed by atoms with Crippen LogP contribution in [0.1, 0.15) is 24.2 Å². The van der Waals surface area contributed by atoms with Crippen molar-refractivity contribution in [2.75, 3.05) is 45.1 Å². The van der Waals surface area contributed by atoms with Crippen molar-refractivity contribution in [2.24, 2.45) is 0 Å². The van der Waals surface area contributed by atoms with Crippen LogP contribution in [0.5, 0.6) is 0 Å². The molecule has 0 aliphatic carbocycles. The number of carbonyl (C=O) groups is 1. The van der Waals surface area contributed by atoms with E-state index in [0.29, 0.717) is 26.3 Å². The molecule has 8 heteroatoms. The molecule has 0 aromatic heterocycles. The molecule has 8 nitrogen and oxygen atoms in total. The van der Waals surface area contributed by atoms with E-state index in [0.717, 1.165) is 13.1 Å². The molecule has 23 heavy (non-hydrogen) atoms. The SMILES string of the molecule is CC.Nc1ccc([N+](=O)[O-])cc1C(=O)NCCN1CCOCC1. The molecule has 1 aromatic carbocycles. The van der Waals surface area contributed by atoms with E-state index in [1.165, 1.54) is 18.2 Å². The second-order valence-electron chi connectivity index (χ2n) is 4.74. The third-order valence-electron chi connectivity index (χ3n) is 3.31. The molecular formula is C15H24N4O4. The molecule has 1 aliphatic rings. The van der Waals surface area contributed by atoms with Crippen LogP contribution in [0.2, 0.25) is 0 Å². The predicted octanol–water partition coefficient (Wildman–Crippen LogP) is 1.27. The van der Waals surface area contributed by atoms with Crippen molar-refractivity contribution in [3.8, 4) is 0 Å². The quantitative estimate of drug-likeness (QED) is 0.479. The number of nitro benzene ring substituents is 1. The molecule has 0 radical (unpaired) electrons. The van der Waals surface area contributed by atoms with Crippen molar-refractivity contribution >= 4 is 17.3 Å². The molecule has 2 rings (SSSR count). The largest absolute Gasteiger partial charge is 0.398 e. The van der Waals surface area contributed by atoms with E-state index in [-0.39, 0.29) is 16.9 Å². The highest BCUT2D eigenvalue weighted by molar-refractivity contribution is 5.99. The fraction of sp³-hybridized carbons (Fsp3) is 0.533. The number of morpholine rings is 1. The Bertz CT molecular complexity index is 530. The zero-order valence-corrected chi connectivity index (χ0v) is 13.6. The molecule has 1 heterocycles. The molecule has 1 aromatic rings. The van der Waals surface area contributed by atoms with E-state index in [1.54, 1.807) is 0 Å². The van der Waals surface area contributed by atoms with Crippen LogP contribution in [-0.4, -0.2) is 55.1 Å². The molecule has 1 saturated heterocycles. The Labute approximate surface area is 135 Å². The van der Waals surface area contributed by atoms with E-state index in [1.807, 2.05) is 13.8 Å². The molecule has 0 spiro atoms. The lowest BCUT2D eigenvalue weighted by Crippen LogP contribution is -2.41. The van der Waals surface area contributed by atoms with E-state index >= 15 is 0 Å². The number of benzene rings is 1. The number of anilines is 1. The summed E-state index contributed by atoms with van der Waals surface area (Å²) in [6.45, 7) is 8.26. The maximum Gasteiger partial charge on any atom is 0.270 e. The summed E-state index contributed by atoms with van der Waals surface area (Å²) >= 11 is 0. The number of non-ortho nitro benzene ring substituents is 1. The van der Waals surface area contributed by atoms with Crippen LogP contribution in [-0.2, 0) is 4.74 Å². The van der Waals surface area contributed by atoms with Crippen molar-refractivity contribution in [1.82, 2.24) is 10.2 Å². The second kappa shape index (κ2) is 9.75. The molecule has 3 N–H and O–H groups in total. The lowest BCUT2D eigenvalue weighted by atomic mass is 10.1. The monoisotopic (exact) mass is 324 g/mol. The fourth-order valence-corrected chi connectivity index (χ4v) is 2.10. The van der Waals surface area contributed by atoms with Crippen molar-refractivity contribution in [3.63, 3.8) is 0 Å². The van der Waals surface area contributed by atoms with Gasteiger partial charge in [-0.05, 0) is 6.07 Å². The first-order valence-corrected chi connectivity index (χ1v) is 7.70. The highest BCUT2D eigenvalue weighted by Crippen LogP contribution is 2.19. The van der Waals surface area contributed by atoms with Crippen LogP contribution in [0.15, 0.2) is 18.2 Å². The molecule has 0 bridgehead atoms. The van der Waals surface area contributed by atoms with Gasteiger partial charge >= 0.3 is 0 Å². The van der Waals surface area contributed by atoms with Crippen molar-refractivity contribution in [3.05, 3.63) is 33.9 Å². The molecule has 1 amide bonds. The van der Waals surface area contributed by atoms with Crippen LogP contribution in [0.25, 0.3) is 0 Å². The summed E-state index contributed by atoms with van der Waals surface area (Å²) in [4.78, 5) is 24.4. The molecule has 0 saturated carbocycles. The van der Waals surface area contributed by atoms with Gasteiger partial charge in [-0.1, -0.05) is 13.8 Å². The molecule has 0 unspecified atom stereocenters. The van der Waals surface area contributed by atoms with Crippen molar-refractivity contribution in [1.29, 1.82) is 0 Å². The third-order valence-corrected chi connectivity index (χ3v) is 3.31. The highest BCUT2D eigenvalue weighted by Gasteiger charge is 2.16. The number of nitrogens with zero attached hydrogens (tertiary/aromatic N) is 2. The normalized spacial score (nSPS) is 14.5. The number of nitrogens with one attached hydrogen (secondary N) is 1. The van der Waals surface area contributed by atoms with Gasteiger partial charge in [0.15, 0.2) is 0 Å². The Balaban J connectivity index is 0.00000127. The van der Waals surface area contributed by atoms with Gasteiger partial charge in [-0.3, -0.25) is 19.8 Å². The molecule has 0 atom stereocenters. The maximum atomic E-state index is 12.0. The molecule has 128 valence electrons. The summed E-state index contributed by atoms with van der Waals surface area (Å²) in [5.41, 5.74) is 5.90. The van der Waals surface area contributed by atoms with Crippen molar-refractivity contribution in [2.45, 2.75) is 13.8 Å². The maximum absolute atomic E-state index is 12.0. The highest BCUT2D eigenvalue weighted by atomic mass is 16.6. The minimum absolute atomic E-state index is 0.131. The number of nitrogen functional groups attached to an aromatic ring is 1. The average molecular weight is 324 g/mol. The number of carbonyl (C=O) groups excluding carboxylic acids is 1. The van der Waals surface area contributed by atoms with Gasteiger partial charge in [-0.2, -0.15) is 0 Å². The Kier molecular flexibility index (Phi) is 8.00. The molecule has 1 fully saturated rings. The van der Waals surface area contributed by atoms with E-state index in [4.69, 9.17) is 10.5 Å². The van der Waals surface area contributed by atoms with Gasteiger partial charge < -0.3 is 15.8 Å². The minimum Gasteiger partial charge on any atom is -0.398 e. The van der Waals surface area contributed by atoms with Gasteiger partial charge in [-0.15, -0.1) is 0 Å². The first-order chi connectivity index (χ1) is 11.1. The Morgan fingerprint density at radius 2 is 2.04 bits per heavy atom. The smallest absolute Gasteiger partial charge is 0.270 e. The zero-order valence-electron chi connectivity index (χ0n) is 13.6. The lowest BCUT2D eigenvalue weighted by molar-refractivity contribution is -0.384. The number of ether oxygens (including phenoxy) is 1. The van der Waals surface area contributed by atoms with Crippen LogP contribution in [0.4, 0.5) is 11.4 Å². The zero-order chi connectivity index (χ0) is 17.2. The topological polar surface area (TPSA) is 111 Å². The van der Waals surface area contributed by atoms with Crippen LogP contribution in [0, 0.1) is 10.1 Å². The second-order valence-corrected chi connectivity index (χ2v) is 4.74. The fourth-order valence-electron chi connectivity index (χ4n) is 2.10. The Morgan fingerprint density at radius 3 is 2.65 bits per heavy atom. The van der Waals surface area contributed by atoms with Gasteiger partial charge in [-0.25, -0.2) is 0 Å². The Morgan fingerprint density at radius 1 is 1.39 bits per heavy atom. The number of hydrogen-bond acceptors (Lipinski definition) is 6. The first-order valence-electron chi connectivity index (χ1n) is 7.70. The summed E-state index contributed by atoms with van der Waals surface area (Å²) in [5.74, 6) is -0.399. The van der Waals surface area contributed by atoms with Gasteiger partial charge in [0.1, 0.15) is 0 Å². The van der Waals surface area contributed by atoms with E-state index in [2.05, 4.69) is 10.2 Å². The third kappa shape index (κ3) is 5.84. The lowest BCUT2D eigenvalue weighted by Gasteiger charge is -2.26. The molecule has 1 aliphatic heterocycles. The number of hydrogen-bond donors (Lipinski definition) is 2. The number of nitro groups is 1. The van der Waals surface area contributed by atoms with Crippen LogP contribution in [0.3, 0.4) is 0 Å². The van der Waals surface area contributed by atoms with Gasteiger partial charge in [0.2, 0.25) is 0 Å². The van der Waals surface area contributed by atoms with Gasteiger partial charge in [0.05, 0.1) is 23.7 Å². The van der Waals surface area contributed by atoms with E-state index in [9.17, 15) is 14.9 Å². The minimum atomic E-state index is -0.552. The number of amides is 1. The summed E-state index contributed by atoms with van der Waals surface area (Å²) in [6.07, 6.45) is 0. The number of rotatable bonds is 5. The first kappa shape index (κ1) is 18.9. The van der Waals surface area contributed by atoms with Crippen LogP contribution >= 0.6 is 0 Å². The number of nitrogens with two attached hydrogens (primary N) is 1. The predicted molar refractivity (Wildman–Crippen MR) is 88.4 cm³/mol. The summed E-state index contributed by atoms with van der Waals surface area (Å²) in [6, 6.07) is 3.84. The summed E-state index contributed by atoms with van der Waals surface area (Å²) < 4.78 is 5.24. The average Bonchev–Trinajstić information content (AvgIpc) is 2.57. The standard InChI is InChI=1S/C13H18N4O4.C2H6/c14-12-2-1-10(17(19)20)9-11(12)13(18)15-3-4-16-5-7-21-8-6-16;1-2/h1-2,9H,3-8,14H2,(H,15,18);1-2H3. The molecular weight excluding hydrogens is 300 g/mol. The van der Waals surface area contributed by atoms with Gasteiger partial charge in [0, 0.05) is 44.0 Å². The summed E-state index contributed by atoms with van der Waals surface area (Å²) in [7, 11) is 0. The Hall–Kier alpha value is -2.19.